The second kappa shape index (κ2) is 8.15. The maximum atomic E-state index is 4.09. The van der Waals surface area contributed by atoms with Crippen molar-refractivity contribution in [1.29, 1.82) is 0 Å². The summed E-state index contributed by atoms with van der Waals surface area (Å²) in [7, 11) is 0. The molecule has 1 heterocycles. The average molecular weight is 348 g/mol. The van der Waals surface area contributed by atoms with Crippen LogP contribution in [-0.4, -0.2) is 18.1 Å². The lowest BCUT2D eigenvalue weighted by molar-refractivity contribution is 0.718. The summed E-state index contributed by atoms with van der Waals surface area (Å²) in [4.78, 5) is 6.48. The largest absolute Gasteiger partial charge is 0.367 e. The second-order valence-electron chi connectivity index (χ2n) is 4.92. The molecule has 0 atom stereocenters. The van der Waals surface area contributed by atoms with Gasteiger partial charge in [-0.25, -0.2) is 0 Å². The van der Waals surface area contributed by atoms with E-state index in [4.69, 9.17) is 0 Å². The summed E-state index contributed by atoms with van der Waals surface area (Å²) in [6.07, 6.45) is 3.70. The molecule has 0 bridgehead atoms. The molecule has 0 radical (unpaired) electrons. The molecule has 0 unspecified atom stereocenters. The first-order chi connectivity index (χ1) is 10.2. The average Bonchev–Trinajstić information content (AvgIpc) is 2.52. The van der Waals surface area contributed by atoms with Gasteiger partial charge in [-0.2, -0.15) is 0 Å². The summed E-state index contributed by atoms with van der Waals surface area (Å²) in [5.41, 5.74) is 3.89. The van der Waals surface area contributed by atoms with E-state index in [1.807, 2.05) is 12.4 Å². The van der Waals surface area contributed by atoms with Crippen molar-refractivity contribution in [3.05, 3.63) is 58.3 Å². The Kier molecular flexibility index (Phi) is 6.21. The Morgan fingerprint density at radius 3 is 2.57 bits per heavy atom. The van der Waals surface area contributed by atoms with Crippen LogP contribution in [0.1, 0.15) is 25.0 Å². The highest BCUT2D eigenvalue weighted by atomic mass is 79.9. The van der Waals surface area contributed by atoms with Crippen molar-refractivity contribution in [3.63, 3.8) is 0 Å². The van der Waals surface area contributed by atoms with E-state index in [-0.39, 0.29) is 0 Å². The van der Waals surface area contributed by atoms with Crippen molar-refractivity contribution in [1.82, 2.24) is 10.3 Å². The van der Waals surface area contributed by atoms with E-state index in [1.165, 1.54) is 16.8 Å². The highest BCUT2D eigenvalue weighted by molar-refractivity contribution is 9.10. The summed E-state index contributed by atoms with van der Waals surface area (Å²) in [6.45, 7) is 8.07. The van der Waals surface area contributed by atoms with Crippen LogP contribution in [0.3, 0.4) is 0 Å². The predicted molar refractivity (Wildman–Crippen MR) is 92.5 cm³/mol. The Bertz CT molecular complexity index is 557. The molecular weight excluding hydrogens is 326 g/mol. The van der Waals surface area contributed by atoms with Crippen molar-refractivity contribution in [2.75, 3.05) is 18.0 Å². The van der Waals surface area contributed by atoms with Crippen LogP contribution in [0.25, 0.3) is 0 Å². The van der Waals surface area contributed by atoms with Gasteiger partial charge in [0.2, 0.25) is 0 Å². The summed E-state index contributed by atoms with van der Waals surface area (Å²) in [5.74, 6) is 0. The lowest BCUT2D eigenvalue weighted by Crippen LogP contribution is -2.24. The molecule has 0 aliphatic carbocycles. The molecule has 0 fully saturated rings. The van der Waals surface area contributed by atoms with Gasteiger partial charge in [0.15, 0.2) is 0 Å². The van der Waals surface area contributed by atoms with Crippen LogP contribution >= 0.6 is 15.9 Å². The van der Waals surface area contributed by atoms with Gasteiger partial charge in [0, 0.05) is 42.2 Å². The SMILES string of the molecule is CCNCc1cc(Br)ccc1N(CC)Cc1ccncc1. The van der Waals surface area contributed by atoms with Crippen molar-refractivity contribution in [3.8, 4) is 0 Å². The summed E-state index contributed by atoms with van der Waals surface area (Å²) < 4.78 is 1.12. The number of anilines is 1. The van der Waals surface area contributed by atoms with Gasteiger partial charge >= 0.3 is 0 Å². The molecule has 0 saturated heterocycles. The van der Waals surface area contributed by atoms with Gasteiger partial charge in [-0.15, -0.1) is 0 Å². The molecule has 4 heteroatoms. The van der Waals surface area contributed by atoms with Crippen molar-refractivity contribution in [2.45, 2.75) is 26.9 Å². The Labute approximate surface area is 135 Å². The van der Waals surface area contributed by atoms with Crippen LogP contribution in [0.15, 0.2) is 47.2 Å². The molecule has 0 spiro atoms. The molecule has 2 rings (SSSR count). The summed E-state index contributed by atoms with van der Waals surface area (Å²) in [5, 5.41) is 3.42. The van der Waals surface area contributed by atoms with Gasteiger partial charge < -0.3 is 10.2 Å². The van der Waals surface area contributed by atoms with E-state index in [9.17, 15) is 0 Å². The fourth-order valence-electron chi connectivity index (χ4n) is 2.34. The third-order valence-electron chi connectivity index (χ3n) is 3.45. The van der Waals surface area contributed by atoms with Crippen LogP contribution in [0, 0.1) is 0 Å². The van der Waals surface area contributed by atoms with E-state index in [2.05, 4.69) is 75.3 Å². The van der Waals surface area contributed by atoms with E-state index in [1.54, 1.807) is 0 Å². The monoisotopic (exact) mass is 347 g/mol. The maximum absolute atomic E-state index is 4.09. The number of aromatic nitrogens is 1. The Hall–Kier alpha value is -1.39. The second-order valence-corrected chi connectivity index (χ2v) is 5.84. The molecule has 112 valence electrons. The molecule has 21 heavy (non-hydrogen) atoms. The molecule has 0 aliphatic heterocycles. The Morgan fingerprint density at radius 2 is 1.90 bits per heavy atom. The molecular formula is C17H22BrN3. The number of nitrogens with zero attached hydrogens (tertiary/aromatic N) is 2. The van der Waals surface area contributed by atoms with Gasteiger partial charge in [-0.3, -0.25) is 4.98 Å². The van der Waals surface area contributed by atoms with Crippen LogP contribution in [0.4, 0.5) is 5.69 Å². The van der Waals surface area contributed by atoms with Gasteiger partial charge in [0.25, 0.3) is 0 Å². The molecule has 0 amide bonds. The molecule has 1 aromatic heterocycles. The van der Waals surface area contributed by atoms with Gasteiger partial charge in [0.1, 0.15) is 0 Å². The zero-order valence-electron chi connectivity index (χ0n) is 12.6. The smallest absolute Gasteiger partial charge is 0.0430 e. The zero-order valence-corrected chi connectivity index (χ0v) is 14.2. The highest BCUT2D eigenvalue weighted by Crippen LogP contribution is 2.26. The molecule has 1 aromatic carbocycles. The lowest BCUT2D eigenvalue weighted by atomic mass is 10.1. The predicted octanol–water partition coefficient (Wildman–Crippen LogP) is 3.98. The number of hydrogen-bond acceptors (Lipinski definition) is 3. The third-order valence-corrected chi connectivity index (χ3v) is 3.95. The fourth-order valence-corrected chi connectivity index (χ4v) is 2.75. The number of nitrogens with one attached hydrogen (secondary N) is 1. The quantitative estimate of drug-likeness (QED) is 0.820. The van der Waals surface area contributed by atoms with E-state index < -0.39 is 0 Å². The van der Waals surface area contributed by atoms with E-state index in [0.717, 1.165) is 30.7 Å². The van der Waals surface area contributed by atoms with Crippen LogP contribution < -0.4 is 10.2 Å². The minimum absolute atomic E-state index is 0.887. The first-order valence-electron chi connectivity index (χ1n) is 7.37. The molecule has 0 aliphatic rings. The summed E-state index contributed by atoms with van der Waals surface area (Å²) >= 11 is 3.57. The van der Waals surface area contributed by atoms with Crippen molar-refractivity contribution >= 4 is 21.6 Å². The summed E-state index contributed by atoms with van der Waals surface area (Å²) in [6, 6.07) is 10.7. The fraction of sp³-hybridized carbons (Fsp3) is 0.353. The minimum Gasteiger partial charge on any atom is -0.367 e. The molecule has 0 saturated carbocycles. The molecule has 2 aromatic rings. The van der Waals surface area contributed by atoms with Crippen LogP contribution in [-0.2, 0) is 13.1 Å². The first kappa shape index (κ1) is 16.0. The highest BCUT2D eigenvalue weighted by Gasteiger charge is 2.10. The normalized spacial score (nSPS) is 10.6. The van der Waals surface area contributed by atoms with Crippen molar-refractivity contribution in [2.24, 2.45) is 0 Å². The number of hydrogen-bond donors (Lipinski definition) is 1. The van der Waals surface area contributed by atoms with E-state index in [0.29, 0.717) is 0 Å². The maximum Gasteiger partial charge on any atom is 0.0430 e. The van der Waals surface area contributed by atoms with Crippen LogP contribution in [0.2, 0.25) is 0 Å². The number of benzene rings is 1. The van der Waals surface area contributed by atoms with E-state index >= 15 is 0 Å². The Morgan fingerprint density at radius 1 is 1.14 bits per heavy atom. The molecule has 3 nitrogen and oxygen atoms in total. The zero-order chi connectivity index (χ0) is 15.1. The topological polar surface area (TPSA) is 28.2 Å². The third kappa shape index (κ3) is 4.55. The number of halogens is 1. The lowest BCUT2D eigenvalue weighted by Gasteiger charge is -2.26. The molecule has 1 N–H and O–H groups in total. The first-order valence-corrected chi connectivity index (χ1v) is 8.16. The Balaban J connectivity index is 2.24. The van der Waals surface area contributed by atoms with Gasteiger partial charge in [-0.1, -0.05) is 22.9 Å². The van der Waals surface area contributed by atoms with Crippen LogP contribution in [0.5, 0.6) is 0 Å². The van der Waals surface area contributed by atoms with Gasteiger partial charge in [-0.05, 0) is 54.9 Å². The number of pyridine rings is 1. The number of rotatable bonds is 7. The minimum atomic E-state index is 0.887. The van der Waals surface area contributed by atoms with Gasteiger partial charge in [0.05, 0.1) is 0 Å². The standard InChI is InChI=1S/C17H22BrN3/c1-3-19-12-15-11-16(18)5-6-17(15)21(4-2)13-14-7-9-20-10-8-14/h5-11,19H,3-4,12-13H2,1-2H3. The van der Waals surface area contributed by atoms with Crippen molar-refractivity contribution < 1.29 is 0 Å².